The Hall–Kier alpha value is -3.40. The number of hydrogen-bond donors (Lipinski definition) is 0. The average Bonchev–Trinajstić information content (AvgIpc) is 3.35. The lowest BCUT2D eigenvalue weighted by Gasteiger charge is -2.12. The van der Waals surface area contributed by atoms with E-state index in [1.807, 2.05) is 36.3 Å². The molecular formula is C25H21N3O. The molecule has 1 fully saturated rings. The van der Waals surface area contributed by atoms with Crippen LogP contribution in [0.4, 0.5) is 5.69 Å². The Balaban J connectivity index is 1.40. The smallest absolute Gasteiger partial charge is 0.238 e. The molecule has 4 heteroatoms. The van der Waals surface area contributed by atoms with Crippen molar-refractivity contribution in [3.05, 3.63) is 95.7 Å². The Morgan fingerprint density at radius 1 is 1.03 bits per heavy atom. The predicted molar refractivity (Wildman–Crippen MR) is 114 cm³/mol. The van der Waals surface area contributed by atoms with Crippen molar-refractivity contribution in [1.82, 2.24) is 9.78 Å². The molecule has 3 aromatic carbocycles. The van der Waals surface area contributed by atoms with Crippen molar-refractivity contribution >= 4 is 22.5 Å². The first-order valence-corrected chi connectivity index (χ1v) is 10.1. The molecule has 1 aromatic heterocycles. The molecule has 6 rings (SSSR count). The molecule has 1 aliphatic heterocycles. The maximum Gasteiger partial charge on any atom is 0.238 e. The molecule has 0 bridgehead atoms. The Labute approximate surface area is 169 Å². The van der Waals surface area contributed by atoms with E-state index in [1.165, 1.54) is 16.7 Å². The summed E-state index contributed by atoms with van der Waals surface area (Å²) in [6.45, 7) is 0.744. The van der Waals surface area contributed by atoms with Crippen molar-refractivity contribution in [2.24, 2.45) is 0 Å². The SMILES string of the molecule is CN1C(=O)C2(CC2c2ccc3cnn(Cc4ccccc4)c3c2)c2ccccc21. The second-order valence-corrected chi connectivity index (χ2v) is 8.22. The number of anilines is 1. The number of likely N-dealkylation sites (N-methyl/N-ethyl adjacent to an activating group) is 1. The van der Waals surface area contributed by atoms with Gasteiger partial charge in [-0.15, -0.1) is 0 Å². The van der Waals surface area contributed by atoms with E-state index in [0.29, 0.717) is 0 Å². The quantitative estimate of drug-likeness (QED) is 0.526. The minimum atomic E-state index is -0.386. The monoisotopic (exact) mass is 379 g/mol. The first-order valence-electron chi connectivity index (χ1n) is 10.1. The van der Waals surface area contributed by atoms with Crippen LogP contribution in [0.15, 0.2) is 79.0 Å². The number of aromatic nitrogens is 2. The summed E-state index contributed by atoms with van der Waals surface area (Å²) in [6.07, 6.45) is 2.81. The van der Waals surface area contributed by atoms with Crippen LogP contribution in [-0.2, 0) is 16.8 Å². The number of carbonyl (C=O) groups excluding carboxylic acids is 1. The number of carbonyl (C=O) groups is 1. The fourth-order valence-electron chi connectivity index (χ4n) is 5.05. The van der Waals surface area contributed by atoms with Gasteiger partial charge in [-0.25, -0.2) is 0 Å². The van der Waals surface area contributed by atoms with E-state index >= 15 is 0 Å². The first kappa shape index (κ1) is 16.5. The molecule has 142 valence electrons. The van der Waals surface area contributed by atoms with Crippen molar-refractivity contribution in [1.29, 1.82) is 0 Å². The van der Waals surface area contributed by atoms with Gasteiger partial charge in [0.1, 0.15) is 0 Å². The van der Waals surface area contributed by atoms with E-state index in [9.17, 15) is 4.79 Å². The standard InChI is InChI=1S/C25H21N3O/c1-27-22-10-6-5-9-20(22)25(24(27)29)14-21(25)18-11-12-19-15-26-28(23(19)13-18)16-17-7-3-2-4-8-17/h2-13,15,21H,14,16H2,1H3. The molecule has 0 saturated heterocycles. The van der Waals surface area contributed by atoms with Crippen LogP contribution in [-0.4, -0.2) is 22.7 Å². The highest BCUT2D eigenvalue weighted by Gasteiger charge is 2.66. The molecule has 29 heavy (non-hydrogen) atoms. The predicted octanol–water partition coefficient (Wildman–Crippen LogP) is 4.49. The second-order valence-electron chi connectivity index (χ2n) is 8.22. The Kier molecular flexibility index (Phi) is 3.31. The zero-order valence-corrected chi connectivity index (χ0v) is 16.2. The largest absolute Gasteiger partial charge is 0.314 e. The molecular weight excluding hydrogens is 358 g/mol. The highest BCUT2D eigenvalue weighted by molar-refractivity contribution is 6.11. The normalized spacial score (nSPS) is 22.4. The highest BCUT2D eigenvalue weighted by atomic mass is 16.2. The lowest BCUT2D eigenvalue weighted by atomic mass is 9.92. The van der Waals surface area contributed by atoms with Crippen molar-refractivity contribution in [3.8, 4) is 0 Å². The summed E-state index contributed by atoms with van der Waals surface area (Å²) in [7, 11) is 1.89. The number of para-hydroxylation sites is 1. The summed E-state index contributed by atoms with van der Waals surface area (Å²) < 4.78 is 2.06. The van der Waals surface area contributed by atoms with Crippen LogP contribution in [0, 0.1) is 0 Å². The van der Waals surface area contributed by atoms with E-state index in [1.54, 1.807) is 0 Å². The third kappa shape index (κ3) is 2.26. The van der Waals surface area contributed by atoms with Gasteiger partial charge in [-0.1, -0.05) is 60.7 Å². The summed E-state index contributed by atoms with van der Waals surface area (Å²) in [5, 5.41) is 5.74. The van der Waals surface area contributed by atoms with E-state index < -0.39 is 0 Å². The van der Waals surface area contributed by atoms with E-state index in [4.69, 9.17) is 0 Å². The maximum atomic E-state index is 13.2. The van der Waals surface area contributed by atoms with Crippen LogP contribution in [0.2, 0.25) is 0 Å². The molecule has 4 nitrogen and oxygen atoms in total. The number of benzene rings is 3. The number of amides is 1. The average molecular weight is 379 g/mol. The number of hydrogen-bond acceptors (Lipinski definition) is 2. The number of rotatable bonds is 3. The van der Waals surface area contributed by atoms with Crippen LogP contribution in [0.5, 0.6) is 0 Å². The molecule has 2 heterocycles. The molecule has 1 saturated carbocycles. The minimum absolute atomic E-state index is 0.224. The lowest BCUT2D eigenvalue weighted by Crippen LogP contribution is -2.29. The van der Waals surface area contributed by atoms with Gasteiger partial charge in [0.15, 0.2) is 0 Å². The van der Waals surface area contributed by atoms with Crippen LogP contribution < -0.4 is 4.90 Å². The minimum Gasteiger partial charge on any atom is -0.314 e. The lowest BCUT2D eigenvalue weighted by molar-refractivity contribution is -0.120. The van der Waals surface area contributed by atoms with Gasteiger partial charge >= 0.3 is 0 Å². The van der Waals surface area contributed by atoms with Gasteiger partial charge in [-0.05, 0) is 35.2 Å². The van der Waals surface area contributed by atoms with Crippen LogP contribution >= 0.6 is 0 Å². The molecule has 1 aliphatic carbocycles. The summed E-state index contributed by atoms with van der Waals surface area (Å²) >= 11 is 0. The van der Waals surface area contributed by atoms with Gasteiger partial charge in [0, 0.05) is 24.0 Å². The van der Waals surface area contributed by atoms with E-state index in [-0.39, 0.29) is 17.2 Å². The Morgan fingerprint density at radius 2 is 1.83 bits per heavy atom. The van der Waals surface area contributed by atoms with Gasteiger partial charge in [-0.3, -0.25) is 9.48 Å². The van der Waals surface area contributed by atoms with Gasteiger partial charge in [0.05, 0.1) is 23.7 Å². The topological polar surface area (TPSA) is 38.1 Å². The summed E-state index contributed by atoms with van der Waals surface area (Å²) in [4.78, 5) is 15.0. The Bertz CT molecular complexity index is 1260. The van der Waals surface area contributed by atoms with Crippen LogP contribution in [0.1, 0.15) is 29.0 Å². The molecule has 2 unspecified atom stereocenters. The zero-order valence-electron chi connectivity index (χ0n) is 16.2. The van der Waals surface area contributed by atoms with Crippen molar-refractivity contribution < 1.29 is 4.79 Å². The van der Waals surface area contributed by atoms with Crippen molar-refractivity contribution in [2.45, 2.75) is 24.3 Å². The first-order chi connectivity index (χ1) is 14.2. The second kappa shape index (κ2) is 5.80. The molecule has 0 N–H and O–H groups in total. The molecule has 2 atom stereocenters. The van der Waals surface area contributed by atoms with E-state index in [0.717, 1.165) is 29.6 Å². The molecule has 0 radical (unpaired) electrons. The van der Waals surface area contributed by atoms with Gasteiger partial charge in [0.25, 0.3) is 0 Å². The Morgan fingerprint density at radius 3 is 2.69 bits per heavy atom. The van der Waals surface area contributed by atoms with Crippen LogP contribution in [0.3, 0.4) is 0 Å². The zero-order chi connectivity index (χ0) is 19.6. The van der Waals surface area contributed by atoms with Crippen molar-refractivity contribution in [2.75, 3.05) is 11.9 Å². The van der Waals surface area contributed by atoms with Crippen LogP contribution in [0.25, 0.3) is 10.9 Å². The molecule has 1 spiro atoms. The van der Waals surface area contributed by atoms with Gasteiger partial charge < -0.3 is 4.90 Å². The van der Waals surface area contributed by atoms with E-state index in [2.05, 4.69) is 64.4 Å². The summed E-state index contributed by atoms with van der Waals surface area (Å²) in [5.41, 5.74) is 5.42. The van der Waals surface area contributed by atoms with Gasteiger partial charge in [-0.2, -0.15) is 5.10 Å². The number of nitrogens with zero attached hydrogens (tertiary/aromatic N) is 3. The molecule has 4 aromatic rings. The third-order valence-corrected chi connectivity index (χ3v) is 6.64. The molecule has 2 aliphatic rings. The number of fused-ring (bicyclic) bond motifs is 3. The maximum absolute atomic E-state index is 13.2. The summed E-state index contributed by atoms with van der Waals surface area (Å²) in [6, 6.07) is 25.2. The third-order valence-electron chi connectivity index (χ3n) is 6.64. The fraction of sp³-hybridized carbons (Fsp3) is 0.200. The van der Waals surface area contributed by atoms with Gasteiger partial charge in [0.2, 0.25) is 5.91 Å². The fourth-order valence-corrected chi connectivity index (χ4v) is 5.05. The summed E-state index contributed by atoms with van der Waals surface area (Å²) in [5.74, 6) is 0.451. The highest BCUT2D eigenvalue weighted by Crippen LogP contribution is 2.66. The van der Waals surface area contributed by atoms with Crippen molar-refractivity contribution in [3.63, 3.8) is 0 Å². The molecule has 1 amide bonds.